The molecule has 1 aromatic carbocycles. The normalized spacial score (nSPS) is 15.8. The van der Waals surface area contributed by atoms with E-state index in [1.165, 1.54) is 39.4 Å². The molecule has 6 nitrogen and oxygen atoms in total. The van der Waals surface area contributed by atoms with Crippen LogP contribution in [-0.4, -0.2) is 22.1 Å². The third-order valence-electron chi connectivity index (χ3n) is 6.19. The lowest BCUT2D eigenvalue weighted by Crippen LogP contribution is -2.24. The van der Waals surface area contributed by atoms with E-state index in [4.69, 9.17) is 4.74 Å². The quantitative estimate of drug-likeness (QED) is 0.496. The number of ether oxygens (including phenoxy) is 1. The van der Waals surface area contributed by atoms with Crippen LogP contribution in [-0.2, 0) is 11.3 Å². The third kappa shape index (κ3) is 3.84. The number of halogens is 3. The number of rotatable bonds is 7. The molecule has 4 rings (SSSR count). The van der Waals surface area contributed by atoms with E-state index in [1.54, 1.807) is 13.0 Å². The second kappa shape index (κ2) is 8.18. The molecule has 33 heavy (non-hydrogen) atoms. The molecule has 1 N–H and O–H groups in total. The first-order valence-corrected chi connectivity index (χ1v) is 10.7. The van der Waals surface area contributed by atoms with E-state index in [0.29, 0.717) is 41.1 Å². The van der Waals surface area contributed by atoms with Crippen LogP contribution in [0.5, 0.6) is 5.88 Å². The minimum absolute atomic E-state index is 0.0944. The monoisotopic (exact) mass is 455 g/mol. The van der Waals surface area contributed by atoms with Gasteiger partial charge in [-0.15, -0.1) is 0 Å². The molecule has 1 atom stereocenters. The maximum absolute atomic E-state index is 15.2. The molecule has 0 spiro atoms. The van der Waals surface area contributed by atoms with Gasteiger partial charge in [0.1, 0.15) is 18.0 Å². The number of aromatic nitrogens is 3. The van der Waals surface area contributed by atoms with E-state index < -0.39 is 34.7 Å². The van der Waals surface area contributed by atoms with Crippen LogP contribution in [0.25, 0.3) is 11.0 Å². The molecule has 1 saturated carbocycles. The number of anilines is 1. The summed E-state index contributed by atoms with van der Waals surface area (Å²) in [7, 11) is 1.48. The Morgan fingerprint density at radius 2 is 1.94 bits per heavy atom. The summed E-state index contributed by atoms with van der Waals surface area (Å²) < 4.78 is 49.7. The van der Waals surface area contributed by atoms with Gasteiger partial charge in [0, 0.05) is 17.0 Å². The highest BCUT2D eigenvalue weighted by molar-refractivity contribution is 5.88. The number of hydrogen-bond donors (Lipinski definition) is 1. The van der Waals surface area contributed by atoms with Crippen molar-refractivity contribution in [3.8, 4) is 11.9 Å². The Bertz CT molecular complexity index is 1250. The van der Waals surface area contributed by atoms with E-state index in [-0.39, 0.29) is 5.56 Å². The van der Waals surface area contributed by atoms with Crippen LogP contribution < -0.4 is 10.1 Å². The first kappa shape index (κ1) is 22.8. The van der Waals surface area contributed by atoms with Crippen molar-refractivity contribution >= 4 is 16.9 Å². The molecular weight excluding hydrogens is 431 g/mol. The van der Waals surface area contributed by atoms with Gasteiger partial charge in [0.25, 0.3) is 5.92 Å². The molecule has 0 bridgehead atoms. The average molecular weight is 455 g/mol. The van der Waals surface area contributed by atoms with Gasteiger partial charge in [0.05, 0.1) is 35.6 Å². The zero-order chi connectivity index (χ0) is 24.0. The van der Waals surface area contributed by atoms with E-state index in [9.17, 15) is 14.0 Å². The Morgan fingerprint density at radius 1 is 1.21 bits per heavy atom. The predicted molar refractivity (Wildman–Crippen MR) is 118 cm³/mol. The SMILES string of the molecule is COc1nc2ncnc(N[C@H](C)c3cccc(C(F)(F)C(C)C)c3F)c2cc1C1(C#N)CC1. The predicted octanol–water partition coefficient (Wildman–Crippen LogP) is 5.65. The van der Waals surface area contributed by atoms with Crippen molar-refractivity contribution in [2.75, 3.05) is 12.4 Å². The number of pyridine rings is 1. The van der Waals surface area contributed by atoms with Crippen LogP contribution in [0.3, 0.4) is 0 Å². The van der Waals surface area contributed by atoms with Gasteiger partial charge in [0.15, 0.2) is 5.65 Å². The van der Waals surface area contributed by atoms with Crippen molar-refractivity contribution in [2.45, 2.75) is 51.0 Å². The minimum atomic E-state index is -3.30. The first-order chi connectivity index (χ1) is 15.6. The Morgan fingerprint density at radius 3 is 2.55 bits per heavy atom. The largest absolute Gasteiger partial charge is 0.481 e. The maximum atomic E-state index is 15.2. The fourth-order valence-corrected chi connectivity index (χ4v) is 3.89. The van der Waals surface area contributed by atoms with E-state index in [2.05, 4.69) is 26.3 Å². The number of alkyl halides is 2. The zero-order valence-corrected chi connectivity index (χ0v) is 18.8. The van der Waals surface area contributed by atoms with Gasteiger partial charge in [0.2, 0.25) is 5.88 Å². The summed E-state index contributed by atoms with van der Waals surface area (Å²) in [5, 5.41) is 13.3. The lowest BCUT2D eigenvalue weighted by Gasteiger charge is -2.24. The van der Waals surface area contributed by atoms with Crippen molar-refractivity contribution in [1.82, 2.24) is 15.0 Å². The number of fused-ring (bicyclic) bond motifs is 1. The lowest BCUT2D eigenvalue weighted by molar-refractivity contribution is -0.0545. The van der Waals surface area contributed by atoms with Crippen LogP contribution in [0.15, 0.2) is 30.6 Å². The number of nitriles is 1. The lowest BCUT2D eigenvalue weighted by atomic mass is 9.94. The topological polar surface area (TPSA) is 83.7 Å². The van der Waals surface area contributed by atoms with Gasteiger partial charge < -0.3 is 10.1 Å². The Kier molecular flexibility index (Phi) is 5.64. The van der Waals surface area contributed by atoms with E-state index in [1.807, 2.05) is 0 Å². The number of nitrogens with one attached hydrogen (secondary N) is 1. The first-order valence-electron chi connectivity index (χ1n) is 10.7. The smallest absolute Gasteiger partial charge is 0.278 e. The van der Waals surface area contributed by atoms with Crippen molar-refractivity contribution in [1.29, 1.82) is 5.26 Å². The highest BCUT2D eigenvalue weighted by Crippen LogP contribution is 2.51. The fourth-order valence-electron chi connectivity index (χ4n) is 3.89. The summed E-state index contributed by atoms with van der Waals surface area (Å²) in [6.45, 7) is 4.38. The molecule has 9 heteroatoms. The summed E-state index contributed by atoms with van der Waals surface area (Å²) in [6.07, 6.45) is 2.70. The van der Waals surface area contributed by atoms with Gasteiger partial charge >= 0.3 is 0 Å². The van der Waals surface area contributed by atoms with Crippen molar-refractivity contribution in [3.63, 3.8) is 0 Å². The molecule has 2 aromatic heterocycles. The third-order valence-corrected chi connectivity index (χ3v) is 6.19. The number of benzene rings is 1. The molecule has 0 aliphatic heterocycles. The molecular formula is C24H24F3N5O. The molecule has 172 valence electrons. The maximum Gasteiger partial charge on any atom is 0.278 e. The molecule has 1 aliphatic rings. The van der Waals surface area contributed by atoms with E-state index >= 15 is 4.39 Å². The van der Waals surface area contributed by atoms with Gasteiger partial charge in [-0.2, -0.15) is 10.2 Å². The molecule has 2 heterocycles. The van der Waals surface area contributed by atoms with E-state index in [0.717, 1.165) is 6.07 Å². The molecule has 0 radical (unpaired) electrons. The van der Waals surface area contributed by atoms with Crippen molar-refractivity contribution in [2.24, 2.45) is 5.92 Å². The zero-order valence-electron chi connectivity index (χ0n) is 18.8. The molecule has 0 saturated heterocycles. The second-order valence-electron chi connectivity index (χ2n) is 8.69. The Hall–Kier alpha value is -3.41. The van der Waals surface area contributed by atoms with Gasteiger partial charge in [-0.25, -0.2) is 23.1 Å². The molecule has 0 amide bonds. The summed E-state index contributed by atoms with van der Waals surface area (Å²) >= 11 is 0. The summed E-state index contributed by atoms with van der Waals surface area (Å²) in [6, 6.07) is 7.43. The Balaban J connectivity index is 1.75. The average Bonchev–Trinajstić information content (AvgIpc) is 3.59. The molecule has 0 unspecified atom stereocenters. The van der Waals surface area contributed by atoms with Crippen LogP contribution in [0.2, 0.25) is 0 Å². The van der Waals surface area contributed by atoms with Crippen LogP contribution in [0.4, 0.5) is 19.0 Å². The number of methoxy groups -OCH3 is 1. The molecule has 3 aromatic rings. The standard InChI is InChI=1S/C24H24F3N5O/c1-13(2)24(26,27)17-7-5-6-15(19(17)25)14(3)31-20-16-10-18(23(11-28)8-9-23)22(33-4)32-21(16)30-12-29-20/h5-7,10,12-14H,8-9H2,1-4H3,(H,29,30,31,32)/t14-/m1/s1. The number of hydrogen-bond acceptors (Lipinski definition) is 6. The van der Waals surface area contributed by atoms with Crippen LogP contribution >= 0.6 is 0 Å². The summed E-state index contributed by atoms with van der Waals surface area (Å²) in [5.74, 6) is -4.61. The molecule has 1 fully saturated rings. The van der Waals surface area contributed by atoms with Crippen LogP contribution in [0.1, 0.15) is 56.3 Å². The second-order valence-corrected chi connectivity index (χ2v) is 8.69. The van der Waals surface area contributed by atoms with Crippen LogP contribution in [0, 0.1) is 23.1 Å². The molecule has 1 aliphatic carbocycles. The highest BCUT2D eigenvalue weighted by Gasteiger charge is 2.47. The summed E-state index contributed by atoms with van der Waals surface area (Å²) in [4.78, 5) is 12.9. The fraction of sp³-hybridized carbons (Fsp3) is 0.417. The van der Waals surface area contributed by atoms with Gasteiger partial charge in [-0.05, 0) is 25.8 Å². The number of nitrogens with zero attached hydrogens (tertiary/aromatic N) is 4. The van der Waals surface area contributed by atoms with Crippen molar-refractivity contribution in [3.05, 3.63) is 53.1 Å². The minimum Gasteiger partial charge on any atom is -0.481 e. The highest BCUT2D eigenvalue weighted by atomic mass is 19.3. The van der Waals surface area contributed by atoms with Gasteiger partial charge in [-0.3, -0.25) is 0 Å². The van der Waals surface area contributed by atoms with Crippen molar-refractivity contribution < 1.29 is 17.9 Å². The summed E-state index contributed by atoms with van der Waals surface area (Å²) in [5.41, 5.74) is -0.204. The Labute approximate surface area is 189 Å². The van der Waals surface area contributed by atoms with Gasteiger partial charge in [-0.1, -0.05) is 32.0 Å².